The standard InChI is InChI=1S/C15H24BNO3/c1-10(2)11-8-12(13(18-7)17-9-11)16-19-14(3,4)15(5,6)20-16/h8-10H,1-7H3. The van der Waals surface area contributed by atoms with Crippen molar-refractivity contribution < 1.29 is 14.0 Å². The summed E-state index contributed by atoms with van der Waals surface area (Å²) in [6, 6.07) is 2.07. The molecule has 20 heavy (non-hydrogen) atoms. The molecule has 1 fully saturated rings. The second kappa shape index (κ2) is 5.04. The van der Waals surface area contributed by atoms with Gasteiger partial charge in [-0.15, -0.1) is 0 Å². The number of pyridine rings is 1. The lowest BCUT2D eigenvalue weighted by atomic mass is 9.78. The highest BCUT2D eigenvalue weighted by atomic mass is 16.7. The number of aromatic nitrogens is 1. The molecule has 0 radical (unpaired) electrons. The van der Waals surface area contributed by atoms with Gasteiger partial charge in [0.2, 0.25) is 5.88 Å². The van der Waals surface area contributed by atoms with E-state index in [2.05, 4.69) is 24.9 Å². The van der Waals surface area contributed by atoms with E-state index in [9.17, 15) is 0 Å². The molecule has 0 amide bonds. The fourth-order valence-corrected chi connectivity index (χ4v) is 2.11. The van der Waals surface area contributed by atoms with Crippen LogP contribution in [-0.4, -0.2) is 30.4 Å². The van der Waals surface area contributed by atoms with Crippen LogP contribution in [0.4, 0.5) is 0 Å². The first-order valence-corrected chi connectivity index (χ1v) is 7.07. The minimum Gasteiger partial charge on any atom is -0.481 e. The Morgan fingerprint density at radius 3 is 2.15 bits per heavy atom. The number of ether oxygens (including phenoxy) is 1. The zero-order chi connectivity index (χ0) is 15.1. The van der Waals surface area contributed by atoms with Gasteiger partial charge in [0.05, 0.1) is 18.3 Å². The lowest BCUT2D eigenvalue weighted by Gasteiger charge is -2.32. The van der Waals surface area contributed by atoms with Gasteiger partial charge in [0.25, 0.3) is 0 Å². The maximum Gasteiger partial charge on any atom is 0.500 e. The second-order valence-corrected chi connectivity index (χ2v) is 6.61. The Kier molecular flexibility index (Phi) is 3.86. The Morgan fingerprint density at radius 1 is 1.15 bits per heavy atom. The Labute approximate surface area is 122 Å². The summed E-state index contributed by atoms with van der Waals surface area (Å²) in [7, 11) is 1.17. The molecule has 0 N–H and O–H groups in total. The molecule has 1 aromatic heterocycles. The van der Waals surface area contributed by atoms with Gasteiger partial charge in [-0.1, -0.05) is 19.9 Å². The zero-order valence-electron chi connectivity index (χ0n) is 13.5. The van der Waals surface area contributed by atoms with Crippen molar-refractivity contribution in [2.45, 2.75) is 58.7 Å². The van der Waals surface area contributed by atoms with Crippen molar-refractivity contribution in [3.05, 3.63) is 17.8 Å². The zero-order valence-corrected chi connectivity index (χ0v) is 13.5. The number of methoxy groups -OCH3 is 1. The van der Waals surface area contributed by atoms with Crippen LogP contribution in [-0.2, 0) is 9.31 Å². The second-order valence-electron chi connectivity index (χ2n) is 6.61. The monoisotopic (exact) mass is 277 g/mol. The third kappa shape index (κ3) is 2.57. The van der Waals surface area contributed by atoms with E-state index in [0.717, 1.165) is 11.0 Å². The highest BCUT2D eigenvalue weighted by molar-refractivity contribution is 6.63. The van der Waals surface area contributed by atoms with Crippen molar-refractivity contribution in [3.8, 4) is 5.88 Å². The summed E-state index contributed by atoms with van der Waals surface area (Å²) in [6.07, 6.45) is 1.85. The quantitative estimate of drug-likeness (QED) is 0.796. The molecule has 1 aromatic rings. The highest BCUT2D eigenvalue weighted by Gasteiger charge is 2.52. The molecule has 2 heterocycles. The number of hydrogen-bond acceptors (Lipinski definition) is 4. The van der Waals surface area contributed by atoms with Crippen LogP contribution in [0.2, 0.25) is 0 Å². The van der Waals surface area contributed by atoms with E-state index in [-0.39, 0.29) is 11.2 Å². The molecule has 0 unspecified atom stereocenters. The molecule has 0 spiro atoms. The summed E-state index contributed by atoms with van der Waals surface area (Å²) in [4.78, 5) is 4.38. The van der Waals surface area contributed by atoms with Crippen LogP contribution in [0.15, 0.2) is 12.3 Å². The van der Waals surface area contributed by atoms with Crippen molar-refractivity contribution in [1.82, 2.24) is 4.98 Å². The van der Waals surface area contributed by atoms with Crippen LogP contribution in [0.25, 0.3) is 0 Å². The Balaban J connectivity index is 2.40. The van der Waals surface area contributed by atoms with Crippen LogP contribution >= 0.6 is 0 Å². The fraction of sp³-hybridized carbons (Fsp3) is 0.667. The van der Waals surface area contributed by atoms with Gasteiger partial charge in [-0.3, -0.25) is 0 Å². The summed E-state index contributed by atoms with van der Waals surface area (Å²) < 4.78 is 17.5. The van der Waals surface area contributed by atoms with Crippen LogP contribution in [0, 0.1) is 0 Å². The topological polar surface area (TPSA) is 40.6 Å². The molecule has 1 aliphatic rings. The summed E-state index contributed by atoms with van der Waals surface area (Å²) in [5.41, 5.74) is 1.28. The molecule has 1 saturated heterocycles. The van der Waals surface area contributed by atoms with Crippen molar-refractivity contribution in [3.63, 3.8) is 0 Å². The van der Waals surface area contributed by atoms with Gasteiger partial charge in [0.15, 0.2) is 0 Å². The lowest BCUT2D eigenvalue weighted by molar-refractivity contribution is 0.00578. The predicted octanol–water partition coefficient (Wildman–Crippen LogP) is 2.51. The van der Waals surface area contributed by atoms with Gasteiger partial charge in [-0.2, -0.15) is 0 Å². The van der Waals surface area contributed by atoms with Gasteiger partial charge in [-0.25, -0.2) is 4.98 Å². The highest BCUT2D eigenvalue weighted by Crippen LogP contribution is 2.37. The SMILES string of the molecule is COc1ncc(C(C)C)cc1B1OC(C)(C)C(C)(C)O1. The molecule has 2 rings (SSSR count). The van der Waals surface area contributed by atoms with Crippen LogP contribution in [0.5, 0.6) is 5.88 Å². The average molecular weight is 277 g/mol. The molecule has 110 valence electrons. The van der Waals surface area contributed by atoms with Crippen molar-refractivity contribution >= 4 is 12.6 Å². The largest absolute Gasteiger partial charge is 0.500 e. The molecular formula is C15H24BNO3. The number of nitrogens with zero attached hydrogens (tertiary/aromatic N) is 1. The Bertz CT molecular complexity index is 484. The van der Waals surface area contributed by atoms with Gasteiger partial charge >= 0.3 is 7.12 Å². The number of rotatable bonds is 3. The molecule has 0 aliphatic carbocycles. The van der Waals surface area contributed by atoms with E-state index >= 15 is 0 Å². The van der Waals surface area contributed by atoms with Crippen molar-refractivity contribution in [1.29, 1.82) is 0 Å². The maximum atomic E-state index is 6.09. The predicted molar refractivity (Wildman–Crippen MR) is 80.6 cm³/mol. The minimum absolute atomic E-state index is 0.365. The smallest absolute Gasteiger partial charge is 0.481 e. The molecule has 0 atom stereocenters. The molecule has 5 heteroatoms. The molecule has 1 aliphatic heterocycles. The Hall–Kier alpha value is -1.07. The lowest BCUT2D eigenvalue weighted by Crippen LogP contribution is -2.41. The van der Waals surface area contributed by atoms with Gasteiger partial charge in [0.1, 0.15) is 0 Å². The molecule has 0 saturated carbocycles. The van der Waals surface area contributed by atoms with E-state index in [1.807, 2.05) is 33.9 Å². The van der Waals surface area contributed by atoms with E-state index in [1.54, 1.807) is 7.11 Å². The van der Waals surface area contributed by atoms with Crippen LogP contribution in [0.1, 0.15) is 53.0 Å². The first-order valence-electron chi connectivity index (χ1n) is 7.07. The summed E-state index contributed by atoms with van der Waals surface area (Å²) >= 11 is 0. The molecule has 0 aromatic carbocycles. The Morgan fingerprint density at radius 2 is 1.70 bits per heavy atom. The number of hydrogen-bond donors (Lipinski definition) is 0. The molecule has 4 nitrogen and oxygen atoms in total. The third-order valence-electron chi connectivity index (χ3n) is 4.27. The van der Waals surface area contributed by atoms with E-state index in [1.165, 1.54) is 0 Å². The summed E-state index contributed by atoms with van der Waals surface area (Å²) in [5, 5.41) is 0. The average Bonchev–Trinajstić information content (AvgIpc) is 2.57. The maximum absolute atomic E-state index is 6.09. The molecular weight excluding hydrogens is 253 g/mol. The normalized spacial score (nSPS) is 20.5. The summed E-state index contributed by atoms with van der Waals surface area (Å²) in [6.45, 7) is 12.4. The first kappa shape index (κ1) is 15.3. The molecule has 0 bridgehead atoms. The third-order valence-corrected chi connectivity index (χ3v) is 4.27. The van der Waals surface area contributed by atoms with E-state index in [0.29, 0.717) is 11.8 Å². The first-order chi connectivity index (χ1) is 9.18. The van der Waals surface area contributed by atoms with Gasteiger partial charge in [0, 0.05) is 11.7 Å². The van der Waals surface area contributed by atoms with Crippen LogP contribution < -0.4 is 10.2 Å². The van der Waals surface area contributed by atoms with Crippen molar-refractivity contribution in [2.24, 2.45) is 0 Å². The van der Waals surface area contributed by atoms with E-state index in [4.69, 9.17) is 14.0 Å². The van der Waals surface area contributed by atoms with Gasteiger partial charge < -0.3 is 14.0 Å². The van der Waals surface area contributed by atoms with Gasteiger partial charge in [-0.05, 0) is 39.2 Å². The summed E-state index contributed by atoms with van der Waals surface area (Å²) in [5.74, 6) is 0.961. The van der Waals surface area contributed by atoms with Crippen molar-refractivity contribution in [2.75, 3.05) is 7.11 Å². The fourth-order valence-electron chi connectivity index (χ4n) is 2.11. The van der Waals surface area contributed by atoms with E-state index < -0.39 is 7.12 Å². The minimum atomic E-state index is -0.443. The van der Waals surface area contributed by atoms with Crippen LogP contribution in [0.3, 0.4) is 0 Å².